The highest BCUT2D eigenvalue weighted by Gasteiger charge is 2.11. The molecule has 4 nitrogen and oxygen atoms in total. The average Bonchev–Trinajstić information content (AvgIpc) is 2.30. The van der Waals surface area contributed by atoms with E-state index in [1.807, 2.05) is 6.92 Å². The second kappa shape index (κ2) is 6.69. The summed E-state index contributed by atoms with van der Waals surface area (Å²) in [4.78, 5) is 13.2. The second-order valence-corrected chi connectivity index (χ2v) is 4.18. The molecule has 0 radical (unpaired) electrons. The SMILES string of the molecule is CCN(CCO)C(=O)Nc1ccc(Cl)c(Cl)c1. The molecule has 0 heterocycles. The average molecular weight is 277 g/mol. The first kappa shape index (κ1) is 14.1. The van der Waals surface area contributed by atoms with Crippen LogP contribution in [-0.4, -0.2) is 35.7 Å². The molecule has 0 aromatic heterocycles. The molecule has 2 amide bonds. The lowest BCUT2D eigenvalue weighted by atomic mass is 10.3. The monoisotopic (exact) mass is 276 g/mol. The Morgan fingerprint density at radius 2 is 2.12 bits per heavy atom. The lowest BCUT2D eigenvalue weighted by Crippen LogP contribution is -2.36. The molecule has 0 aliphatic rings. The zero-order valence-electron chi connectivity index (χ0n) is 9.41. The van der Waals surface area contributed by atoms with Gasteiger partial charge in [-0.15, -0.1) is 0 Å². The zero-order chi connectivity index (χ0) is 12.8. The number of likely N-dealkylation sites (N-methyl/N-ethyl adjacent to an activating group) is 1. The van der Waals surface area contributed by atoms with Crippen LogP contribution < -0.4 is 5.32 Å². The minimum atomic E-state index is -0.278. The minimum Gasteiger partial charge on any atom is -0.395 e. The van der Waals surface area contributed by atoms with Crippen molar-refractivity contribution in [3.8, 4) is 0 Å². The summed E-state index contributed by atoms with van der Waals surface area (Å²) < 4.78 is 0. The Morgan fingerprint density at radius 1 is 1.41 bits per heavy atom. The lowest BCUT2D eigenvalue weighted by Gasteiger charge is -2.20. The molecule has 2 N–H and O–H groups in total. The fourth-order valence-electron chi connectivity index (χ4n) is 1.30. The van der Waals surface area contributed by atoms with Gasteiger partial charge in [0.15, 0.2) is 0 Å². The molecule has 1 aromatic rings. The number of nitrogens with zero attached hydrogens (tertiary/aromatic N) is 1. The van der Waals surface area contributed by atoms with Crippen LogP contribution in [0.25, 0.3) is 0 Å². The van der Waals surface area contributed by atoms with E-state index < -0.39 is 0 Å². The van der Waals surface area contributed by atoms with Gasteiger partial charge in [-0.25, -0.2) is 4.79 Å². The van der Waals surface area contributed by atoms with Gasteiger partial charge in [-0.2, -0.15) is 0 Å². The van der Waals surface area contributed by atoms with Gasteiger partial charge in [-0.3, -0.25) is 0 Å². The molecule has 17 heavy (non-hydrogen) atoms. The summed E-state index contributed by atoms with van der Waals surface area (Å²) in [5, 5.41) is 12.3. The van der Waals surface area contributed by atoms with Crippen molar-refractivity contribution in [2.45, 2.75) is 6.92 Å². The number of aliphatic hydroxyl groups is 1. The fourth-order valence-corrected chi connectivity index (χ4v) is 1.60. The first-order valence-electron chi connectivity index (χ1n) is 5.20. The van der Waals surface area contributed by atoms with Crippen LogP contribution in [-0.2, 0) is 0 Å². The number of benzene rings is 1. The lowest BCUT2D eigenvalue weighted by molar-refractivity contribution is 0.192. The van der Waals surface area contributed by atoms with E-state index in [4.69, 9.17) is 28.3 Å². The van der Waals surface area contributed by atoms with Crippen LogP contribution in [0.2, 0.25) is 10.0 Å². The molecular weight excluding hydrogens is 263 g/mol. The van der Waals surface area contributed by atoms with E-state index in [9.17, 15) is 4.79 Å². The highest BCUT2D eigenvalue weighted by atomic mass is 35.5. The van der Waals surface area contributed by atoms with Gasteiger partial charge in [0.1, 0.15) is 0 Å². The number of hydrogen-bond acceptors (Lipinski definition) is 2. The molecule has 0 spiro atoms. The van der Waals surface area contributed by atoms with Crippen molar-refractivity contribution in [2.75, 3.05) is 25.0 Å². The van der Waals surface area contributed by atoms with Gasteiger partial charge in [0.05, 0.1) is 16.7 Å². The molecule has 0 bridgehead atoms. The van der Waals surface area contributed by atoms with Crippen molar-refractivity contribution in [3.63, 3.8) is 0 Å². The first-order chi connectivity index (χ1) is 8.08. The predicted octanol–water partition coefficient (Wildman–Crippen LogP) is 2.84. The molecule has 0 fully saturated rings. The topological polar surface area (TPSA) is 52.6 Å². The Morgan fingerprint density at radius 3 is 2.65 bits per heavy atom. The maximum Gasteiger partial charge on any atom is 0.321 e. The number of aliphatic hydroxyl groups excluding tert-OH is 1. The van der Waals surface area contributed by atoms with E-state index in [0.29, 0.717) is 28.8 Å². The van der Waals surface area contributed by atoms with Gasteiger partial charge in [-0.05, 0) is 25.1 Å². The molecule has 0 saturated heterocycles. The van der Waals surface area contributed by atoms with E-state index in [2.05, 4.69) is 5.32 Å². The number of halogens is 2. The standard InChI is InChI=1S/C11H14Cl2N2O2/c1-2-15(5-6-16)11(17)14-8-3-4-9(12)10(13)7-8/h3-4,7,16H,2,5-6H2,1H3,(H,14,17). The summed E-state index contributed by atoms with van der Waals surface area (Å²) in [6, 6.07) is 4.58. The quantitative estimate of drug-likeness (QED) is 0.889. The van der Waals surface area contributed by atoms with Crippen molar-refractivity contribution >= 4 is 34.9 Å². The van der Waals surface area contributed by atoms with E-state index in [-0.39, 0.29) is 12.6 Å². The number of anilines is 1. The Hall–Kier alpha value is -0.970. The molecule has 1 aromatic carbocycles. The third kappa shape index (κ3) is 4.07. The smallest absolute Gasteiger partial charge is 0.321 e. The van der Waals surface area contributed by atoms with Crippen LogP contribution in [0.1, 0.15) is 6.92 Å². The largest absolute Gasteiger partial charge is 0.395 e. The van der Waals surface area contributed by atoms with Crippen molar-refractivity contribution < 1.29 is 9.90 Å². The van der Waals surface area contributed by atoms with Gasteiger partial charge in [0, 0.05) is 18.8 Å². The summed E-state index contributed by atoms with van der Waals surface area (Å²) >= 11 is 11.6. The normalized spacial score (nSPS) is 10.1. The summed E-state index contributed by atoms with van der Waals surface area (Å²) in [5.41, 5.74) is 0.570. The van der Waals surface area contributed by atoms with Gasteiger partial charge in [-0.1, -0.05) is 23.2 Å². The number of carbonyl (C=O) groups excluding carboxylic acids is 1. The second-order valence-electron chi connectivity index (χ2n) is 3.36. The highest BCUT2D eigenvalue weighted by molar-refractivity contribution is 6.42. The zero-order valence-corrected chi connectivity index (χ0v) is 10.9. The summed E-state index contributed by atoms with van der Waals surface area (Å²) in [7, 11) is 0. The number of carbonyl (C=O) groups is 1. The highest BCUT2D eigenvalue weighted by Crippen LogP contribution is 2.25. The number of urea groups is 1. The Labute approximate surface area is 110 Å². The van der Waals surface area contributed by atoms with Crippen LogP contribution in [0.5, 0.6) is 0 Å². The van der Waals surface area contributed by atoms with Crippen molar-refractivity contribution in [1.29, 1.82) is 0 Å². The molecule has 0 unspecified atom stereocenters. The molecule has 1 rings (SSSR count). The molecule has 94 valence electrons. The Kier molecular flexibility index (Phi) is 5.55. The number of amides is 2. The third-order valence-corrected chi connectivity index (χ3v) is 2.95. The molecule has 0 aliphatic heterocycles. The van der Waals surface area contributed by atoms with Gasteiger partial charge < -0.3 is 15.3 Å². The summed E-state index contributed by atoms with van der Waals surface area (Å²) in [6.07, 6.45) is 0. The molecule has 0 aliphatic carbocycles. The molecule has 0 saturated carbocycles. The van der Waals surface area contributed by atoms with Gasteiger partial charge in [0.2, 0.25) is 0 Å². The van der Waals surface area contributed by atoms with Gasteiger partial charge >= 0.3 is 6.03 Å². The van der Waals surface area contributed by atoms with Crippen LogP contribution in [0.3, 0.4) is 0 Å². The van der Waals surface area contributed by atoms with Crippen LogP contribution >= 0.6 is 23.2 Å². The van der Waals surface area contributed by atoms with Crippen molar-refractivity contribution in [1.82, 2.24) is 4.90 Å². The fraction of sp³-hybridized carbons (Fsp3) is 0.364. The Balaban J connectivity index is 2.69. The van der Waals surface area contributed by atoms with Crippen LogP contribution in [0.4, 0.5) is 10.5 Å². The van der Waals surface area contributed by atoms with Crippen molar-refractivity contribution in [2.24, 2.45) is 0 Å². The predicted molar refractivity (Wildman–Crippen MR) is 69.8 cm³/mol. The molecular formula is C11H14Cl2N2O2. The number of rotatable bonds is 4. The molecule has 0 atom stereocenters. The van der Waals surface area contributed by atoms with Gasteiger partial charge in [0.25, 0.3) is 0 Å². The Bertz CT molecular complexity index is 399. The van der Waals surface area contributed by atoms with Crippen LogP contribution in [0, 0.1) is 0 Å². The van der Waals surface area contributed by atoms with Crippen LogP contribution in [0.15, 0.2) is 18.2 Å². The number of nitrogens with one attached hydrogen (secondary N) is 1. The third-order valence-electron chi connectivity index (χ3n) is 2.21. The van der Waals surface area contributed by atoms with Crippen molar-refractivity contribution in [3.05, 3.63) is 28.2 Å². The number of hydrogen-bond donors (Lipinski definition) is 2. The van der Waals surface area contributed by atoms with E-state index in [1.54, 1.807) is 18.2 Å². The maximum atomic E-state index is 11.8. The summed E-state index contributed by atoms with van der Waals surface area (Å²) in [6.45, 7) is 2.59. The minimum absolute atomic E-state index is 0.0668. The molecule has 6 heteroatoms. The van der Waals surface area contributed by atoms with E-state index in [0.717, 1.165) is 0 Å². The first-order valence-corrected chi connectivity index (χ1v) is 5.96. The maximum absolute atomic E-state index is 11.8. The van der Waals surface area contributed by atoms with E-state index >= 15 is 0 Å². The van der Waals surface area contributed by atoms with E-state index in [1.165, 1.54) is 4.90 Å². The summed E-state index contributed by atoms with van der Waals surface area (Å²) in [5.74, 6) is 0.